The first-order valence-electron chi connectivity index (χ1n) is 5.48. The molecule has 16 heavy (non-hydrogen) atoms. The van der Waals surface area contributed by atoms with Crippen LogP contribution in [0.15, 0.2) is 18.2 Å². The van der Waals surface area contributed by atoms with Crippen molar-refractivity contribution in [1.29, 1.82) is 0 Å². The molecule has 1 aliphatic carbocycles. The Balaban J connectivity index is 2.28. The van der Waals surface area contributed by atoms with Crippen molar-refractivity contribution in [2.45, 2.75) is 26.2 Å². The first-order valence-corrected chi connectivity index (χ1v) is 5.48. The molecule has 3 heteroatoms. The number of carbonyl (C=O) groups is 2. The highest BCUT2D eigenvalue weighted by atomic mass is 16.4. The fourth-order valence-electron chi connectivity index (χ4n) is 2.09. The van der Waals surface area contributed by atoms with Crippen molar-refractivity contribution in [2.75, 3.05) is 0 Å². The summed E-state index contributed by atoms with van der Waals surface area (Å²) in [6.07, 6.45) is 3.19. The monoisotopic (exact) mass is 218 g/mol. The Labute approximate surface area is 94.1 Å². The van der Waals surface area contributed by atoms with Gasteiger partial charge < -0.3 is 5.11 Å². The normalized spacial score (nSPS) is 15.6. The predicted molar refractivity (Wildman–Crippen MR) is 59.6 cm³/mol. The Morgan fingerprint density at radius 2 is 1.94 bits per heavy atom. The van der Waals surface area contributed by atoms with Crippen molar-refractivity contribution < 1.29 is 14.7 Å². The number of fused-ring (bicyclic) bond motifs is 1. The zero-order chi connectivity index (χ0) is 11.7. The highest BCUT2D eigenvalue weighted by Gasteiger charge is 2.23. The molecule has 0 radical (unpaired) electrons. The lowest BCUT2D eigenvalue weighted by Crippen LogP contribution is -2.20. The summed E-state index contributed by atoms with van der Waals surface area (Å²) in [5, 5.41) is 8.79. The second kappa shape index (κ2) is 4.08. The number of aryl methyl sites for hydroxylation is 2. The van der Waals surface area contributed by atoms with Gasteiger partial charge in [-0.1, -0.05) is 12.1 Å². The summed E-state index contributed by atoms with van der Waals surface area (Å²) in [5.41, 5.74) is 3.01. The van der Waals surface area contributed by atoms with Gasteiger partial charge in [0.15, 0.2) is 5.78 Å². The molecule has 0 amide bonds. The molecule has 1 unspecified atom stereocenters. The molecule has 2 rings (SSSR count). The Hall–Kier alpha value is -1.64. The van der Waals surface area contributed by atoms with Gasteiger partial charge in [0.05, 0.1) is 0 Å². The highest BCUT2D eigenvalue weighted by Crippen LogP contribution is 2.23. The maximum absolute atomic E-state index is 11.8. The number of carboxylic acid groups (broad SMARTS) is 1. The minimum Gasteiger partial charge on any atom is -0.481 e. The van der Waals surface area contributed by atoms with Crippen LogP contribution in [0.2, 0.25) is 0 Å². The third kappa shape index (κ3) is 1.85. The predicted octanol–water partition coefficient (Wildman–Crippen LogP) is 2.08. The van der Waals surface area contributed by atoms with E-state index in [-0.39, 0.29) is 5.78 Å². The van der Waals surface area contributed by atoms with E-state index in [1.165, 1.54) is 18.1 Å². The number of hydrogen-bond acceptors (Lipinski definition) is 2. The number of ketones is 1. The van der Waals surface area contributed by atoms with Crippen molar-refractivity contribution in [2.24, 2.45) is 5.92 Å². The molecule has 0 spiro atoms. The van der Waals surface area contributed by atoms with Crippen molar-refractivity contribution in [3.8, 4) is 0 Å². The third-order valence-corrected chi connectivity index (χ3v) is 3.15. The van der Waals surface area contributed by atoms with Gasteiger partial charge in [-0.3, -0.25) is 9.59 Å². The number of Topliss-reactive ketones (excluding diaryl/α,β-unsaturated/α-hetero) is 1. The molecule has 1 aromatic rings. The Bertz CT molecular complexity index is 448. The first-order chi connectivity index (χ1) is 7.59. The van der Waals surface area contributed by atoms with Crippen molar-refractivity contribution in [3.63, 3.8) is 0 Å². The van der Waals surface area contributed by atoms with Crippen molar-refractivity contribution >= 4 is 11.8 Å². The Morgan fingerprint density at radius 1 is 1.25 bits per heavy atom. The maximum atomic E-state index is 11.8. The van der Waals surface area contributed by atoms with Crippen LogP contribution in [0.5, 0.6) is 0 Å². The topological polar surface area (TPSA) is 54.4 Å². The van der Waals surface area contributed by atoms with E-state index in [1.54, 1.807) is 6.07 Å². The highest BCUT2D eigenvalue weighted by molar-refractivity contribution is 6.07. The van der Waals surface area contributed by atoms with E-state index >= 15 is 0 Å². The average Bonchev–Trinajstić information content (AvgIpc) is 2.73. The molecule has 0 aromatic heterocycles. The minimum absolute atomic E-state index is 0.304. The summed E-state index contributed by atoms with van der Waals surface area (Å²) >= 11 is 0. The van der Waals surface area contributed by atoms with E-state index in [0.717, 1.165) is 19.3 Å². The van der Waals surface area contributed by atoms with Gasteiger partial charge in [-0.05, 0) is 43.4 Å². The van der Waals surface area contributed by atoms with Gasteiger partial charge in [0.1, 0.15) is 5.92 Å². The molecule has 0 fully saturated rings. The molecule has 84 valence electrons. The van der Waals surface area contributed by atoms with Crippen LogP contribution >= 0.6 is 0 Å². The van der Waals surface area contributed by atoms with Gasteiger partial charge in [0, 0.05) is 5.56 Å². The molecule has 0 aliphatic heterocycles. The van der Waals surface area contributed by atoms with Crippen molar-refractivity contribution in [1.82, 2.24) is 0 Å². The zero-order valence-corrected chi connectivity index (χ0v) is 9.19. The third-order valence-electron chi connectivity index (χ3n) is 3.15. The fourth-order valence-corrected chi connectivity index (χ4v) is 2.09. The van der Waals surface area contributed by atoms with Crippen LogP contribution in [0, 0.1) is 5.92 Å². The SMILES string of the molecule is CC(C(=O)O)C(=O)c1ccc2c(c1)CCC2. The number of hydrogen-bond donors (Lipinski definition) is 1. The number of benzene rings is 1. The molecular formula is C13H14O3. The number of rotatable bonds is 3. The molecule has 1 aliphatic rings. The van der Waals surface area contributed by atoms with E-state index in [9.17, 15) is 9.59 Å². The van der Waals surface area contributed by atoms with E-state index < -0.39 is 11.9 Å². The molecule has 3 nitrogen and oxygen atoms in total. The van der Waals surface area contributed by atoms with Crippen LogP contribution in [-0.4, -0.2) is 16.9 Å². The van der Waals surface area contributed by atoms with Gasteiger partial charge in [-0.15, -0.1) is 0 Å². The maximum Gasteiger partial charge on any atom is 0.314 e. The second-order valence-electron chi connectivity index (χ2n) is 4.26. The van der Waals surface area contributed by atoms with Gasteiger partial charge >= 0.3 is 5.97 Å². The Morgan fingerprint density at radius 3 is 2.62 bits per heavy atom. The number of aliphatic carboxylic acids is 1. The quantitative estimate of drug-likeness (QED) is 0.624. The van der Waals surface area contributed by atoms with Crippen LogP contribution in [0.3, 0.4) is 0 Å². The summed E-state index contributed by atoms with van der Waals surface area (Å²) in [6, 6.07) is 5.54. The van der Waals surface area contributed by atoms with Gasteiger partial charge in [-0.2, -0.15) is 0 Å². The summed E-state index contributed by atoms with van der Waals surface area (Å²) in [7, 11) is 0. The van der Waals surface area contributed by atoms with E-state index in [0.29, 0.717) is 5.56 Å². The smallest absolute Gasteiger partial charge is 0.314 e. The molecular weight excluding hydrogens is 204 g/mol. The van der Waals surface area contributed by atoms with Crippen LogP contribution in [0.25, 0.3) is 0 Å². The van der Waals surface area contributed by atoms with Crippen LogP contribution in [0.1, 0.15) is 34.8 Å². The minimum atomic E-state index is -1.06. The average molecular weight is 218 g/mol. The molecule has 1 atom stereocenters. The molecule has 1 aromatic carbocycles. The first kappa shape index (κ1) is 10.9. The van der Waals surface area contributed by atoms with E-state index in [1.807, 2.05) is 12.1 Å². The van der Waals surface area contributed by atoms with Gasteiger partial charge in [-0.25, -0.2) is 0 Å². The van der Waals surface area contributed by atoms with Crippen molar-refractivity contribution in [3.05, 3.63) is 34.9 Å². The van der Waals surface area contributed by atoms with E-state index in [4.69, 9.17) is 5.11 Å². The van der Waals surface area contributed by atoms with E-state index in [2.05, 4.69) is 0 Å². The van der Waals surface area contributed by atoms with Gasteiger partial charge in [0.2, 0.25) is 0 Å². The molecule has 0 saturated carbocycles. The molecule has 1 N–H and O–H groups in total. The second-order valence-corrected chi connectivity index (χ2v) is 4.26. The largest absolute Gasteiger partial charge is 0.481 e. The summed E-state index contributed by atoms with van der Waals surface area (Å²) in [5.74, 6) is -2.33. The lowest BCUT2D eigenvalue weighted by atomic mass is 9.96. The lowest BCUT2D eigenvalue weighted by molar-refractivity contribution is -0.139. The molecule has 0 heterocycles. The summed E-state index contributed by atoms with van der Waals surface area (Å²) in [4.78, 5) is 22.5. The summed E-state index contributed by atoms with van der Waals surface area (Å²) < 4.78 is 0. The fraction of sp³-hybridized carbons (Fsp3) is 0.385. The zero-order valence-electron chi connectivity index (χ0n) is 9.19. The number of carbonyl (C=O) groups excluding carboxylic acids is 1. The van der Waals surface area contributed by atoms with Crippen LogP contribution in [0.4, 0.5) is 0 Å². The Kier molecular flexibility index (Phi) is 2.77. The van der Waals surface area contributed by atoms with Crippen LogP contribution in [-0.2, 0) is 17.6 Å². The lowest BCUT2D eigenvalue weighted by Gasteiger charge is -2.07. The summed E-state index contributed by atoms with van der Waals surface area (Å²) in [6.45, 7) is 1.43. The molecule has 0 saturated heterocycles. The number of carboxylic acids is 1. The van der Waals surface area contributed by atoms with Crippen LogP contribution < -0.4 is 0 Å². The standard InChI is InChI=1S/C13H14O3/c1-8(13(15)16)12(14)11-6-5-9-3-2-4-10(9)7-11/h5-8H,2-4H2,1H3,(H,15,16). The molecule has 0 bridgehead atoms. The van der Waals surface area contributed by atoms with Gasteiger partial charge in [0.25, 0.3) is 0 Å².